The molecule has 66 valence electrons. The third kappa shape index (κ3) is 3.99. The first-order valence-corrected chi connectivity index (χ1v) is 4.10. The van der Waals surface area contributed by atoms with Crippen molar-refractivity contribution in [3.05, 3.63) is 23.3 Å². The van der Waals surface area contributed by atoms with Crippen LogP contribution in [0.1, 0.15) is 40.5 Å². The lowest BCUT2D eigenvalue weighted by molar-refractivity contribution is 0.824. The minimum Gasteiger partial charge on any atom is -0.412 e. The van der Waals surface area contributed by atoms with E-state index in [1.807, 2.05) is 0 Å². The molecule has 1 heteroatoms. The summed E-state index contributed by atoms with van der Waals surface area (Å²) < 4.78 is 0. The highest BCUT2D eigenvalue weighted by molar-refractivity contribution is 5.29. The molecule has 0 rings (SSSR count). The zero-order valence-corrected chi connectivity index (χ0v) is 8.07. The number of allylic oxidation sites excluding steroid dienone is 4. The standard InChI is InChI=1S/C10H18.H2O/c1-5-9(6-2)10(7-3)8-4;/h5,7H,6,8H2,1-4H3;1H2/b9-5-,10-7-;. The molecule has 0 amide bonds. The summed E-state index contributed by atoms with van der Waals surface area (Å²) in [5.41, 5.74) is 2.98. The SMILES string of the molecule is C/C=C(CC)\C(=C/C)CC.O. The van der Waals surface area contributed by atoms with Crippen molar-refractivity contribution in [3.8, 4) is 0 Å². The lowest BCUT2D eigenvalue weighted by atomic mass is 10.0. The molecule has 0 bridgehead atoms. The van der Waals surface area contributed by atoms with Crippen molar-refractivity contribution in [1.82, 2.24) is 0 Å². The van der Waals surface area contributed by atoms with Gasteiger partial charge in [0.15, 0.2) is 0 Å². The third-order valence-electron chi connectivity index (χ3n) is 1.87. The van der Waals surface area contributed by atoms with Crippen LogP contribution in [0.15, 0.2) is 23.3 Å². The Hall–Kier alpha value is -0.560. The summed E-state index contributed by atoms with van der Waals surface area (Å²) in [6.07, 6.45) is 6.73. The molecular weight excluding hydrogens is 136 g/mol. The van der Waals surface area contributed by atoms with Crippen LogP contribution >= 0.6 is 0 Å². The summed E-state index contributed by atoms with van der Waals surface area (Å²) >= 11 is 0. The zero-order valence-electron chi connectivity index (χ0n) is 8.07. The summed E-state index contributed by atoms with van der Waals surface area (Å²) in [5.74, 6) is 0. The normalized spacial score (nSPS) is 12.7. The van der Waals surface area contributed by atoms with E-state index in [1.54, 1.807) is 0 Å². The topological polar surface area (TPSA) is 31.5 Å². The molecule has 0 aromatic carbocycles. The lowest BCUT2D eigenvalue weighted by Gasteiger charge is -2.05. The summed E-state index contributed by atoms with van der Waals surface area (Å²) in [6, 6.07) is 0. The van der Waals surface area contributed by atoms with Gasteiger partial charge in [-0.3, -0.25) is 0 Å². The van der Waals surface area contributed by atoms with Gasteiger partial charge in [0.05, 0.1) is 0 Å². The van der Waals surface area contributed by atoms with Crippen LogP contribution in [0.3, 0.4) is 0 Å². The average Bonchev–Trinajstić information content (AvgIpc) is 2.00. The van der Waals surface area contributed by atoms with E-state index in [9.17, 15) is 0 Å². The Bertz CT molecular complexity index is 125. The Morgan fingerprint density at radius 2 is 1.18 bits per heavy atom. The maximum atomic E-state index is 2.21. The smallest absolute Gasteiger partial charge is 0.0308 e. The largest absolute Gasteiger partial charge is 0.412 e. The second-order valence-electron chi connectivity index (χ2n) is 2.33. The van der Waals surface area contributed by atoms with Crippen LogP contribution in [0.25, 0.3) is 0 Å². The molecule has 0 aromatic rings. The Balaban J connectivity index is 0. The quantitative estimate of drug-likeness (QED) is 0.563. The summed E-state index contributed by atoms with van der Waals surface area (Å²) in [5, 5.41) is 0. The first kappa shape index (κ1) is 13.1. The number of hydrogen-bond donors (Lipinski definition) is 0. The van der Waals surface area contributed by atoms with Gasteiger partial charge in [-0.1, -0.05) is 26.0 Å². The van der Waals surface area contributed by atoms with Gasteiger partial charge in [0.2, 0.25) is 0 Å². The summed E-state index contributed by atoms with van der Waals surface area (Å²) in [4.78, 5) is 0. The van der Waals surface area contributed by atoms with Crippen LogP contribution in [0.5, 0.6) is 0 Å². The first-order chi connectivity index (χ1) is 4.79. The monoisotopic (exact) mass is 156 g/mol. The van der Waals surface area contributed by atoms with Gasteiger partial charge in [-0.2, -0.15) is 0 Å². The predicted molar refractivity (Wildman–Crippen MR) is 51.7 cm³/mol. The van der Waals surface area contributed by atoms with Crippen LogP contribution in [0.4, 0.5) is 0 Å². The highest BCUT2D eigenvalue weighted by atomic mass is 16.0. The van der Waals surface area contributed by atoms with Crippen molar-refractivity contribution >= 4 is 0 Å². The van der Waals surface area contributed by atoms with E-state index in [0.717, 1.165) is 12.8 Å². The van der Waals surface area contributed by atoms with Crippen LogP contribution in [0, 0.1) is 0 Å². The molecule has 0 aromatic heterocycles. The molecule has 0 fully saturated rings. The van der Waals surface area contributed by atoms with Crippen molar-refractivity contribution in [3.63, 3.8) is 0 Å². The van der Waals surface area contributed by atoms with E-state index < -0.39 is 0 Å². The summed E-state index contributed by atoms with van der Waals surface area (Å²) in [7, 11) is 0. The van der Waals surface area contributed by atoms with Gasteiger partial charge >= 0.3 is 0 Å². The van der Waals surface area contributed by atoms with E-state index in [0.29, 0.717) is 0 Å². The van der Waals surface area contributed by atoms with Gasteiger partial charge in [-0.25, -0.2) is 0 Å². The Labute approximate surface area is 70.1 Å². The van der Waals surface area contributed by atoms with Crippen molar-refractivity contribution in [1.29, 1.82) is 0 Å². The second-order valence-corrected chi connectivity index (χ2v) is 2.33. The number of rotatable bonds is 3. The van der Waals surface area contributed by atoms with Crippen molar-refractivity contribution in [2.75, 3.05) is 0 Å². The van der Waals surface area contributed by atoms with E-state index in [2.05, 4.69) is 39.8 Å². The Morgan fingerprint density at radius 3 is 1.27 bits per heavy atom. The minimum atomic E-state index is 0. The molecule has 0 spiro atoms. The van der Waals surface area contributed by atoms with Gasteiger partial charge in [-0.15, -0.1) is 0 Å². The van der Waals surface area contributed by atoms with Gasteiger partial charge in [0, 0.05) is 0 Å². The second kappa shape index (κ2) is 7.55. The molecule has 2 N–H and O–H groups in total. The lowest BCUT2D eigenvalue weighted by Crippen LogP contribution is -1.85. The number of hydrogen-bond acceptors (Lipinski definition) is 0. The molecule has 0 radical (unpaired) electrons. The summed E-state index contributed by atoms with van der Waals surface area (Å²) in [6.45, 7) is 8.62. The molecule has 0 heterocycles. The van der Waals surface area contributed by atoms with Crippen molar-refractivity contribution in [2.24, 2.45) is 0 Å². The third-order valence-corrected chi connectivity index (χ3v) is 1.87. The molecule has 11 heavy (non-hydrogen) atoms. The molecule has 0 aliphatic heterocycles. The fourth-order valence-corrected chi connectivity index (χ4v) is 1.23. The molecule has 0 aliphatic rings. The highest BCUT2D eigenvalue weighted by Crippen LogP contribution is 2.16. The van der Waals surface area contributed by atoms with E-state index in [4.69, 9.17) is 0 Å². The fraction of sp³-hybridized carbons (Fsp3) is 0.600. The molecule has 0 unspecified atom stereocenters. The van der Waals surface area contributed by atoms with Gasteiger partial charge in [0.1, 0.15) is 0 Å². The van der Waals surface area contributed by atoms with E-state index >= 15 is 0 Å². The van der Waals surface area contributed by atoms with E-state index in [1.165, 1.54) is 11.1 Å². The maximum Gasteiger partial charge on any atom is -0.0308 e. The van der Waals surface area contributed by atoms with Crippen LogP contribution in [-0.4, -0.2) is 5.48 Å². The molecule has 0 saturated heterocycles. The van der Waals surface area contributed by atoms with Crippen LogP contribution in [0.2, 0.25) is 0 Å². The predicted octanol–water partition coefficient (Wildman–Crippen LogP) is 2.87. The first-order valence-electron chi connectivity index (χ1n) is 4.10. The molecule has 1 nitrogen and oxygen atoms in total. The average molecular weight is 156 g/mol. The van der Waals surface area contributed by atoms with Gasteiger partial charge < -0.3 is 5.48 Å². The van der Waals surface area contributed by atoms with E-state index in [-0.39, 0.29) is 5.48 Å². The van der Waals surface area contributed by atoms with Gasteiger partial charge in [-0.05, 0) is 37.8 Å². The Morgan fingerprint density at radius 1 is 0.909 bits per heavy atom. The van der Waals surface area contributed by atoms with Crippen molar-refractivity contribution in [2.45, 2.75) is 40.5 Å². The van der Waals surface area contributed by atoms with Crippen LogP contribution < -0.4 is 0 Å². The maximum absolute atomic E-state index is 2.21. The Kier molecular flexibility index (Phi) is 8.96. The molecule has 0 atom stereocenters. The van der Waals surface area contributed by atoms with Crippen LogP contribution in [-0.2, 0) is 0 Å². The molecule has 0 saturated carbocycles. The van der Waals surface area contributed by atoms with Gasteiger partial charge in [0.25, 0.3) is 0 Å². The van der Waals surface area contributed by atoms with Crippen molar-refractivity contribution < 1.29 is 5.48 Å². The fourth-order valence-electron chi connectivity index (χ4n) is 1.23. The molecule has 0 aliphatic carbocycles. The minimum absolute atomic E-state index is 0. The zero-order chi connectivity index (χ0) is 7.98. The highest BCUT2D eigenvalue weighted by Gasteiger charge is 1.96. The molecular formula is C10H20O.